The maximum Gasteiger partial charge on any atom is 0.0599 e. The highest BCUT2D eigenvalue weighted by Crippen LogP contribution is 2.46. The topological polar surface area (TPSA) is 20.2 Å². The van der Waals surface area contributed by atoms with Gasteiger partial charge in [-0.05, 0) is 43.4 Å². The fourth-order valence-corrected chi connectivity index (χ4v) is 3.12. The summed E-state index contributed by atoms with van der Waals surface area (Å²) in [4.78, 5) is 0. The lowest BCUT2D eigenvalue weighted by Gasteiger charge is -2.46. The number of hydrogen-bond acceptors (Lipinski definition) is 1. The summed E-state index contributed by atoms with van der Waals surface area (Å²) in [5, 5.41) is 9.86. The molecular formula is C10H18O. The van der Waals surface area contributed by atoms with Crippen molar-refractivity contribution in [3.05, 3.63) is 0 Å². The zero-order chi connectivity index (χ0) is 7.84. The maximum atomic E-state index is 9.86. The molecule has 0 aliphatic heterocycles. The third kappa shape index (κ3) is 1.10. The Morgan fingerprint density at radius 2 is 1.64 bits per heavy atom. The average molecular weight is 154 g/mol. The molecule has 2 atom stereocenters. The summed E-state index contributed by atoms with van der Waals surface area (Å²) in [5.41, 5.74) is 0. The lowest BCUT2D eigenvalue weighted by molar-refractivity contribution is -0.0564. The maximum absolute atomic E-state index is 9.86. The van der Waals surface area contributed by atoms with E-state index in [1.54, 1.807) is 0 Å². The van der Waals surface area contributed by atoms with E-state index in [1.807, 2.05) is 0 Å². The van der Waals surface area contributed by atoms with E-state index in [-0.39, 0.29) is 6.10 Å². The van der Waals surface area contributed by atoms with Crippen LogP contribution in [0.4, 0.5) is 0 Å². The van der Waals surface area contributed by atoms with Gasteiger partial charge in [-0.2, -0.15) is 0 Å². The third-order valence-corrected chi connectivity index (χ3v) is 3.82. The van der Waals surface area contributed by atoms with E-state index in [4.69, 9.17) is 0 Å². The van der Waals surface area contributed by atoms with Crippen LogP contribution < -0.4 is 0 Å². The van der Waals surface area contributed by atoms with Crippen molar-refractivity contribution >= 4 is 0 Å². The van der Waals surface area contributed by atoms with Gasteiger partial charge in [0.1, 0.15) is 0 Å². The summed E-state index contributed by atoms with van der Waals surface area (Å²) in [6, 6.07) is 0. The Morgan fingerprint density at radius 1 is 1.09 bits per heavy atom. The molecule has 3 aliphatic carbocycles. The molecular weight excluding hydrogens is 136 g/mol. The predicted molar refractivity (Wildman–Crippen MR) is 45.2 cm³/mol. The van der Waals surface area contributed by atoms with E-state index >= 15 is 0 Å². The van der Waals surface area contributed by atoms with Gasteiger partial charge >= 0.3 is 0 Å². The lowest BCUT2D eigenvalue weighted by Crippen LogP contribution is -2.43. The monoisotopic (exact) mass is 154 g/mol. The lowest BCUT2D eigenvalue weighted by atomic mass is 9.62. The zero-order valence-electron chi connectivity index (χ0n) is 7.29. The van der Waals surface area contributed by atoms with Crippen molar-refractivity contribution in [2.75, 3.05) is 0 Å². The average Bonchev–Trinajstić information content (AvgIpc) is 2.06. The van der Waals surface area contributed by atoms with E-state index in [2.05, 4.69) is 6.92 Å². The summed E-state index contributed by atoms with van der Waals surface area (Å²) in [6.07, 6.45) is 6.60. The predicted octanol–water partition coefficient (Wildman–Crippen LogP) is 2.19. The van der Waals surface area contributed by atoms with Crippen molar-refractivity contribution in [1.82, 2.24) is 0 Å². The van der Waals surface area contributed by atoms with Gasteiger partial charge in [-0.15, -0.1) is 0 Å². The molecule has 2 bridgehead atoms. The highest BCUT2D eigenvalue weighted by molar-refractivity contribution is 4.91. The van der Waals surface area contributed by atoms with Gasteiger partial charge in [0.25, 0.3) is 0 Å². The van der Waals surface area contributed by atoms with Gasteiger partial charge in [0.15, 0.2) is 0 Å². The van der Waals surface area contributed by atoms with Crippen LogP contribution in [-0.4, -0.2) is 11.2 Å². The van der Waals surface area contributed by atoms with Crippen LogP contribution in [0.2, 0.25) is 0 Å². The number of rotatable bonds is 1. The second kappa shape index (κ2) is 2.78. The smallest absolute Gasteiger partial charge is 0.0599 e. The molecule has 0 amide bonds. The van der Waals surface area contributed by atoms with Crippen LogP contribution in [0.1, 0.15) is 39.0 Å². The van der Waals surface area contributed by atoms with Gasteiger partial charge in [-0.1, -0.05) is 13.3 Å². The van der Waals surface area contributed by atoms with Crippen LogP contribution in [0, 0.1) is 17.8 Å². The Balaban J connectivity index is 2.10. The van der Waals surface area contributed by atoms with Crippen molar-refractivity contribution in [1.29, 1.82) is 0 Å². The fourth-order valence-electron chi connectivity index (χ4n) is 3.12. The summed E-state index contributed by atoms with van der Waals surface area (Å²) in [7, 11) is 0. The summed E-state index contributed by atoms with van der Waals surface area (Å²) in [6.45, 7) is 2.22. The molecule has 3 aliphatic rings. The van der Waals surface area contributed by atoms with Crippen molar-refractivity contribution in [2.24, 2.45) is 17.8 Å². The minimum atomic E-state index is 0.0486. The first-order valence-corrected chi connectivity index (χ1v) is 5.01. The molecule has 0 saturated heterocycles. The van der Waals surface area contributed by atoms with E-state index < -0.39 is 0 Å². The Hall–Kier alpha value is -0.0400. The Morgan fingerprint density at radius 3 is 2.00 bits per heavy atom. The molecule has 0 aromatic carbocycles. The van der Waals surface area contributed by atoms with Gasteiger partial charge in [-0.25, -0.2) is 0 Å². The molecule has 1 unspecified atom stereocenters. The summed E-state index contributed by atoms with van der Waals surface area (Å²) < 4.78 is 0. The van der Waals surface area contributed by atoms with Gasteiger partial charge in [0.2, 0.25) is 0 Å². The third-order valence-electron chi connectivity index (χ3n) is 3.82. The minimum Gasteiger partial charge on any atom is -0.393 e. The van der Waals surface area contributed by atoms with Gasteiger partial charge in [0.05, 0.1) is 6.10 Å². The number of aliphatic hydroxyl groups excluding tert-OH is 1. The van der Waals surface area contributed by atoms with E-state index in [9.17, 15) is 5.11 Å². The molecule has 1 N–H and O–H groups in total. The molecule has 0 aromatic rings. The van der Waals surface area contributed by atoms with Gasteiger partial charge in [-0.3, -0.25) is 0 Å². The number of aliphatic hydroxyl groups is 1. The van der Waals surface area contributed by atoms with Crippen LogP contribution in [-0.2, 0) is 0 Å². The summed E-state index contributed by atoms with van der Waals surface area (Å²) >= 11 is 0. The van der Waals surface area contributed by atoms with Crippen molar-refractivity contribution < 1.29 is 5.11 Å². The summed E-state index contributed by atoms with van der Waals surface area (Å²) in [5.74, 6) is 2.16. The highest BCUT2D eigenvalue weighted by Gasteiger charge is 2.41. The molecule has 1 heteroatoms. The van der Waals surface area contributed by atoms with Crippen molar-refractivity contribution in [2.45, 2.75) is 45.1 Å². The molecule has 0 radical (unpaired) electrons. The van der Waals surface area contributed by atoms with Crippen LogP contribution in [0.25, 0.3) is 0 Å². The molecule has 0 heterocycles. The Kier molecular flexibility index (Phi) is 1.92. The van der Waals surface area contributed by atoms with Crippen LogP contribution >= 0.6 is 0 Å². The first-order chi connectivity index (χ1) is 5.33. The van der Waals surface area contributed by atoms with Crippen LogP contribution in [0.3, 0.4) is 0 Å². The number of hydrogen-bond donors (Lipinski definition) is 1. The van der Waals surface area contributed by atoms with Crippen molar-refractivity contribution in [3.8, 4) is 0 Å². The van der Waals surface area contributed by atoms with Gasteiger partial charge < -0.3 is 5.11 Å². The van der Waals surface area contributed by atoms with Crippen LogP contribution in [0.5, 0.6) is 0 Å². The first kappa shape index (κ1) is 7.60. The molecule has 3 saturated carbocycles. The fraction of sp³-hybridized carbons (Fsp3) is 1.00. The minimum absolute atomic E-state index is 0.0486. The Labute approximate surface area is 68.8 Å². The second-order valence-corrected chi connectivity index (χ2v) is 4.24. The van der Waals surface area contributed by atoms with E-state index in [0.29, 0.717) is 11.8 Å². The molecule has 1 nitrogen and oxygen atoms in total. The Bertz CT molecular complexity index is 134. The normalized spacial score (nSPS) is 49.6. The quantitative estimate of drug-likeness (QED) is 0.614. The van der Waals surface area contributed by atoms with E-state index in [1.165, 1.54) is 32.1 Å². The molecule has 3 rings (SSSR count). The first-order valence-electron chi connectivity index (χ1n) is 5.01. The molecule has 0 aromatic heterocycles. The molecule has 3 fully saturated rings. The standard InChI is InChI=1S/C10H18O/c1-2-9-7-3-5-8(6-4-7)10(9)11/h7-11H,2-6H2,1H3/t7?,8?,9-,10?/m1/s1. The number of fused-ring (bicyclic) bond motifs is 3. The zero-order valence-corrected chi connectivity index (χ0v) is 7.29. The van der Waals surface area contributed by atoms with E-state index in [0.717, 1.165) is 5.92 Å². The van der Waals surface area contributed by atoms with Crippen LogP contribution in [0.15, 0.2) is 0 Å². The largest absolute Gasteiger partial charge is 0.393 e. The SMILES string of the molecule is CC[C@@H]1C2CCC(CC2)C1O. The molecule has 11 heavy (non-hydrogen) atoms. The van der Waals surface area contributed by atoms with Gasteiger partial charge in [0, 0.05) is 0 Å². The molecule has 64 valence electrons. The highest BCUT2D eigenvalue weighted by atomic mass is 16.3. The molecule has 0 spiro atoms. The second-order valence-electron chi connectivity index (χ2n) is 4.24. The van der Waals surface area contributed by atoms with Crippen molar-refractivity contribution in [3.63, 3.8) is 0 Å².